The Hall–Kier alpha value is -1.09. The van der Waals surface area contributed by atoms with E-state index in [4.69, 9.17) is 4.74 Å². The van der Waals surface area contributed by atoms with Gasteiger partial charge in [-0.3, -0.25) is 0 Å². The summed E-state index contributed by atoms with van der Waals surface area (Å²) < 4.78 is 5.81. The number of morpholine rings is 1. The molecule has 1 unspecified atom stereocenters. The molecule has 2 nitrogen and oxygen atoms in total. The Kier molecular flexibility index (Phi) is 4.00. The van der Waals surface area contributed by atoms with Crippen molar-refractivity contribution in [3.8, 4) is 0 Å². The van der Waals surface area contributed by atoms with Gasteiger partial charge in [-0.15, -0.1) is 12.4 Å². The predicted octanol–water partition coefficient (Wildman–Crippen LogP) is 2.92. The summed E-state index contributed by atoms with van der Waals surface area (Å²) in [5.74, 6) is 0. The lowest BCUT2D eigenvalue weighted by Gasteiger charge is -2.25. The van der Waals surface area contributed by atoms with Crippen LogP contribution >= 0.6 is 12.4 Å². The number of hydrogen-bond acceptors (Lipinski definition) is 2. The van der Waals surface area contributed by atoms with E-state index < -0.39 is 0 Å². The zero-order valence-corrected chi connectivity index (χ0v) is 10.4. The first kappa shape index (κ1) is 12.4. The molecule has 2 aromatic carbocycles. The van der Waals surface area contributed by atoms with E-state index in [1.165, 1.54) is 16.3 Å². The van der Waals surface area contributed by atoms with E-state index >= 15 is 0 Å². The fraction of sp³-hybridized carbons (Fsp3) is 0.286. The van der Waals surface area contributed by atoms with Gasteiger partial charge in [0.25, 0.3) is 0 Å². The molecule has 0 bridgehead atoms. The first-order valence-electron chi connectivity index (χ1n) is 5.75. The average Bonchev–Trinajstić information content (AvgIpc) is 2.39. The second-order valence-corrected chi connectivity index (χ2v) is 4.13. The molecule has 1 aliphatic heterocycles. The van der Waals surface area contributed by atoms with Gasteiger partial charge in [-0.2, -0.15) is 0 Å². The summed E-state index contributed by atoms with van der Waals surface area (Å²) in [4.78, 5) is 0. The Labute approximate surface area is 107 Å². The first-order chi connectivity index (χ1) is 7.95. The molecule has 1 aliphatic rings. The van der Waals surface area contributed by atoms with Crippen LogP contribution in [0, 0.1) is 0 Å². The van der Waals surface area contributed by atoms with Crippen molar-refractivity contribution in [2.75, 3.05) is 19.7 Å². The van der Waals surface area contributed by atoms with E-state index in [0.29, 0.717) is 0 Å². The van der Waals surface area contributed by atoms with Crippen LogP contribution in [0.3, 0.4) is 0 Å². The van der Waals surface area contributed by atoms with Crippen molar-refractivity contribution in [3.05, 3.63) is 48.0 Å². The molecule has 0 radical (unpaired) electrons. The van der Waals surface area contributed by atoms with Gasteiger partial charge in [0, 0.05) is 13.1 Å². The number of ether oxygens (including phenoxy) is 1. The lowest BCUT2D eigenvalue weighted by molar-refractivity contribution is 0.0286. The monoisotopic (exact) mass is 249 g/mol. The van der Waals surface area contributed by atoms with Gasteiger partial charge in [-0.25, -0.2) is 0 Å². The Balaban J connectivity index is 0.00000108. The number of halogens is 1. The summed E-state index contributed by atoms with van der Waals surface area (Å²) in [5.41, 5.74) is 1.30. The minimum Gasteiger partial charge on any atom is -0.371 e. The molecule has 3 heteroatoms. The average molecular weight is 250 g/mol. The molecule has 1 saturated heterocycles. The lowest BCUT2D eigenvalue weighted by Crippen LogP contribution is -2.33. The minimum atomic E-state index is 0. The van der Waals surface area contributed by atoms with Gasteiger partial charge < -0.3 is 10.1 Å². The van der Waals surface area contributed by atoms with Crippen molar-refractivity contribution in [2.24, 2.45) is 0 Å². The first-order valence-corrected chi connectivity index (χ1v) is 5.75. The van der Waals surface area contributed by atoms with Crippen molar-refractivity contribution in [2.45, 2.75) is 6.10 Å². The Morgan fingerprint density at radius 1 is 1.06 bits per heavy atom. The predicted molar refractivity (Wildman–Crippen MR) is 72.8 cm³/mol. The Morgan fingerprint density at radius 3 is 2.71 bits per heavy atom. The van der Waals surface area contributed by atoms with Crippen LogP contribution in [-0.2, 0) is 4.74 Å². The van der Waals surface area contributed by atoms with Crippen LogP contribution in [0.4, 0.5) is 0 Å². The molecule has 0 saturated carbocycles. The van der Waals surface area contributed by atoms with Crippen LogP contribution in [0.2, 0.25) is 0 Å². The van der Waals surface area contributed by atoms with E-state index in [1.807, 2.05) is 0 Å². The SMILES string of the molecule is Cl.c1ccc2c(C3CNCCO3)cccc2c1. The van der Waals surface area contributed by atoms with E-state index in [0.717, 1.165) is 19.7 Å². The third-order valence-electron chi connectivity index (χ3n) is 3.10. The highest BCUT2D eigenvalue weighted by molar-refractivity contribution is 5.86. The summed E-state index contributed by atoms with van der Waals surface area (Å²) in [7, 11) is 0. The molecule has 1 fully saturated rings. The topological polar surface area (TPSA) is 21.3 Å². The summed E-state index contributed by atoms with van der Waals surface area (Å²) in [6.45, 7) is 2.67. The highest BCUT2D eigenvalue weighted by Crippen LogP contribution is 2.26. The number of benzene rings is 2. The lowest BCUT2D eigenvalue weighted by atomic mass is 10.00. The van der Waals surface area contributed by atoms with Crippen molar-refractivity contribution in [1.29, 1.82) is 0 Å². The van der Waals surface area contributed by atoms with Gasteiger partial charge in [0.05, 0.1) is 12.7 Å². The molecule has 2 aromatic rings. The molecular formula is C14H16ClNO. The summed E-state index contributed by atoms with van der Waals surface area (Å²) in [6.07, 6.45) is 0.194. The van der Waals surface area contributed by atoms with Gasteiger partial charge in [0.15, 0.2) is 0 Å². The third kappa shape index (κ3) is 2.44. The van der Waals surface area contributed by atoms with Crippen molar-refractivity contribution >= 4 is 23.2 Å². The molecular weight excluding hydrogens is 234 g/mol. The standard InChI is InChI=1S/C14H15NO.ClH/c1-2-6-12-11(4-1)5-3-7-13(12)14-10-15-8-9-16-14;/h1-7,14-15H,8-10H2;1H. The normalized spacial score (nSPS) is 19.9. The van der Waals surface area contributed by atoms with Crippen LogP contribution < -0.4 is 5.32 Å². The van der Waals surface area contributed by atoms with E-state index in [9.17, 15) is 0 Å². The number of fused-ring (bicyclic) bond motifs is 1. The van der Waals surface area contributed by atoms with Crippen LogP contribution in [-0.4, -0.2) is 19.7 Å². The third-order valence-corrected chi connectivity index (χ3v) is 3.10. The van der Waals surface area contributed by atoms with Crippen LogP contribution in [0.5, 0.6) is 0 Å². The number of rotatable bonds is 1. The zero-order chi connectivity index (χ0) is 10.8. The Bertz CT molecular complexity index is 489. The molecule has 0 spiro atoms. The molecule has 0 amide bonds. The highest BCUT2D eigenvalue weighted by Gasteiger charge is 2.17. The fourth-order valence-electron chi connectivity index (χ4n) is 2.30. The minimum absolute atomic E-state index is 0. The van der Waals surface area contributed by atoms with Crippen LogP contribution in [0.15, 0.2) is 42.5 Å². The largest absolute Gasteiger partial charge is 0.371 e. The smallest absolute Gasteiger partial charge is 0.0955 e. The number of nitrogens with one attached hydrogen (secondary N) is 1. The Morgan fingerprint density at radius 2 is 1.88 bits per heavy atom. The summed E-state index contributed by atoms with van der Waals surface area (Å²) in [5, 5.41) is 5.96. The fourth-order valence-corrected chi connectivity index (χ4v) is 2.30. The second-order valence-electron chi connectivity index (χ2n) is 4.13. The molecule has 1 N–H and O–H groups in total. The molecule has 0 aliphatic carbocycles. The summed E-state index contributed by atoms with van der Waals surface area (Å²) >= 11 is 0. The maximum atomic E-state index is 5.81. The molecule has 0 aromatic heterocycles. The number of hydrogen-bond donors (Lipinski definition) is 1. The maximum absolute atomic E-state index is 5.81. The van der Waals surface area contributed by atoms with Gasteiger partial charge in [-0.05, 0) is 16.3 Å². The van der Waals surface area contributed by atoms with Crippen molar-refractivity contribution in [1.82, 2.24) is 5.32 Å². The summed E-state index contributed by atoms with van der Waals surface area (Å²) in [6, 6.07) is 14.9. The molecule has 1 heterocycles. The second kappa shape index (κ2) is 5.50. The maximum Gasteiger partial charge on any atom is 0.0955 e. The van der Waals surface area contributed by atoms with Crippen LogP contribution in [0.25, 0.3) is 10.8 Å². The van der Waals surface area contributed by atoms with Crippen molar-refractivity contribution < 1.29 is 4.74 Å². The van der Waals surface area contributed by atoms with E-state index in [1.54, 1.807) is 0 Å². The zero-order valence-electron chi connectivity index (χ0n) is 9.56. The van der Waals surface area contributed by atoms with Gasteiger partial charge in [0.2, 0.25) is 0 Å². The molecule has 17 heavy (non-hydrogen) atoms. The highest BCUT2D eigenvalue weighted by atomic mass is 35.5. The van der Waals surface area contributed by atoms with Gasteiger partial charge >= 0.3 is 0 Å². The van der Waals surface area contributed by atoms with Crippen LogP contribution in [0.1, 0.15) is 11.7 Å². The molecule has 90 valence electrons. The van der Waals surface area contributed by atoms with E-state index in [-0.39, 0.29) is 18.5 Å². The van der Waals surface area contributed by atoms with E-state index in [2.05, 4.69) is 47.8 Å². The molecule has 1 atom stereocenters. The molecule has 3 rings (SSSR count). The van der Waals surface area contributed by atoms with Crippen molar-refractivity contribution in [3.63, 3.8) is 0 Å². The van der Waals surface area contributed by atoms with Gasteiger partial charge in [-0.1, -0.05) is 42.5 Å². The van der Waals surface area contributed by atoms with Gasteiger partial charge in [0.1, 0.15) is 0 Å². The quantitative estimate of drug-likeness (QED) is 0.839.